The van der Waals surface area contributed by atoms with E-state index in [-0.39, 0.29) is 11.7 Å². The largest absolute Gasteiger partial charge is 0.508 e. The highest BCUT2D eigenvalue weighted by atomic mass is 16.6. The lowest BCUT2D eigenvalue weighted by Gasteiger charge is -2.32. The van der Waals surface area contributed by atoms with Crippen LogP contribution in [0.1, 0.15) is 34.6 Å². The second-order valence-electron chi connectivity index (χ2n) is 6.24. The molecule has 21 heavy (non-hydrogen) atoms. The zero-order valence-corrected chi connectivity index (χ0v) is 13.2. The van der Waals surface area contributed by atoms with Crippen molar-refractivity contribution < 1.29 is 19.4 Å². The lowest BCUT2D eigenvalue weighted by Crippen LogP contribution is -2.47. The van der Waals surface area contributed by atoms with Crippen molar-refractivity contribution >= 4 is 18.1 Å². The molecule has 1 amide bonds. The number of aromatic hydroxyl groups is 1. The summed E-state index contributed by atoms with van der Waals surface area (Å²) in [5, 5.41) is 9.36. The molecule has 1 aromatic carbocycles. The number of anilines is 1. The number of nitrogens with zero attached hydrogens (tertiary/aromatic N) is 1. The number of ether oxygens (including phenoxy) is 1. The Labute approximate surface area is 125 Å². The van der Waals surface area contributed by atoms with Gasteiger partial charge in [-0.25, -0.2) is 4.79 Å². The van der Waals surface area contributed by atoms with Gasteiger partial charge in [0.15, 0.2) is 0 Å². The fraction of sp³-hybridized carbons (Fsp3) is 0.500. The number of rotatable bonds is 4. The zero-order chi connectivity index (χ0) is 16.2. The Kier molecular flexibility index (Phi) is 5.35. The zero-order valence-electron chi connectivity index (χ0n) is 13.2. The first-order valence-corrected chi connectivity index (χ1v) is 6.92. The monoisotopic (exact) mass is 293 g/mol. The van der Waals surface area contributed by atoms with Gasteiger partial charge in [-0.2, -0.15) is 0 Å². The van der Waals surface area contributed by atoms with Crippen LogP contribution in [-0.4, -0.2) is 29.1 Å². The van der Waals surface area contributed by atoms with Crippen molar-refractivity contribution in [3.8, 4) is 5.75 Å². The van der Waals surface area contributed by atoms with E-state index in [1.807, 2.05) is 13.8 Å². The molecule has 0 aliphatic heterocycles. The molecule has 0 aromatic heterocycles. The highest BCUT2D eigenvalue weighted by Gasteiger charge is 2.31. The summed E-state index contributed by atoms with van der Waals surface area (Å²) in [6.07, 6.45) is 0.153. The molecule has 1 rings (SSSR count). The second kappa shape index (κ2) is 6.61. The van der Waals surface area contributed by atoms with Crippen molar-refractivity contribution in [3.05, 3.63) is 24.3 Å². The van der Waals surface area contributed by atoms with Gasteiger partial charge in [-0.3, -0.25) is 4.90 Å². The van der Waals surface area contributed by atoms with Gasteiger partial charge in [0.2, 0.25) is 0 Å². The molecule has 0 heterocycles. The normalized spacial score (nSPS) is 12.9. The molecule has 0 spiro atoms. The van der Waals surface area contributed by atoms with Gasteiger partial charge in [0.1, 0.15) is 17.6 Å². The fourth-order valence-electron chi connectivity index (χ4n) is 1.84. The van der Waals surface area contributed by atoms with Crippen LogP contribution in [0.2, 0.25) is 0 Å². The average molecular weight is 293 g/mol. The minimum atomic E-state index is -0.656. The maximum Gasteiger partial charge on any atom is 0.415 e. The molecule has 0 aliphatic rings. The van der Waals surface area contributed by atoms with Crippen LogP contribution in [-0.2, 0) is 9.53 Å². The number of hydrogen-bond donors (Lipinski definition) is 1. The first kappa shape index (κ1) is 17.0. The summed E-state index contributed by atoms with van der Waals surface area (Å²) in [5.41, 5.74) is -0.149. The number of phenolic OH excluding ortho intramolecular Hbond substituents is 1. The number of benzene rings is 1. The fourth-order valence-corrected chi connectivity index (χ4v) is 1.84. The Balaban J connectivity index is 3.19. The van der Waals surface area contributed by atoms with Gasteiger partial charge in [-0.05, 0) is 51.0 Å². The molecule has 5 nitrogen and oxygen atoms in total. The predicted octanol–water partition coefficient (Wildman–Crippen LogP) is 3.36. The van der Waals surface area contributed by atoms with Crippen LogP contribution in [0.25, 0.3) is 0 Å². The minimum Gasteiger partial charge on any atom is -0.508 e. The summed E-state index contributed by atoms with van der Waals surface area (Å²) in [6, 6.07) is 5.46. The molecule has 0 bridgehead atoms. The van der Waals surface area contributed by atoms with E-state index in [9.17, 15) is 14.7 Å². The summed E-state index contributed by atoms with van der Waals surface area (Å²) in [7, 11) is 0. The van der Waals surface area contributed by atoms with Crippen LogP contribution in [0.4, 0.5) is 10.5 Å². The number of phenols is 1. The van der Waals surface area contributed by atoms with Crippen molar-refractivity contribution in [2.75, 3.05) is 4.90 Å². The molecule has 1 N–H and O–H groups in total. The van der Waals surface area contributed by atoms with Gasteiger partial charge in [-0.1, -0.05) is 13.8 Å². The van der Waals surface area contributed by atoms with Gasteiger partial charge < -0.3 is 14.6 Å². The van der Waals surface area contributed by atoms with Gasteiger partial charge in [-0.15, -0.1) is 0 Å². The lowest BCUT2D eigenvalue weighted by atomic mass is 10.0. The van der Waals surface area contributed by atoms with E-state index in [0.29, 0.717) is 5.69 Å². The Morgan fingerprint density at radius 3 is 2.14 bits per heavy atom. The number of amides is 1. The Hall–Kier alpha value is -2.04. The number of aldehydes is 1. The van der Waals surface area contributed by atoms with E-state index in [4.69, 9.17) is 4.74 Å². The quantitative estimate of drug-likeness (QED) is 0.864. The van der Waals surface area contributed by atoms with Crippen LogP contribution < -0.4 is 4.90 Å². The predicted molar refractivity (Wildman–Crippen MR) is 81.5 cm³/mol. The van der Waals surface area contributed by atoms with E-state index >= 15 is 0 Å². The van der Waals surface area contributed by atoms with Crippen molar-refractivity contribution in [2.45, 2.75) is 46.3 Å². The summed E-state index contributed by atoms with van der Waals surface area (Å²) < 4.78 is 5.38. The second-order valence-corrected chi connectivity index (χ2v) is 6.24. The maximum atomic E-state index is 12.4. The Bertz CT molecular complexity index is 488. The minimum absolute atomic E-state index is 0.0659. The molecule has 5 heteroatoms. The topological polar surface area (TPSA) is 66.8 Å². The number of carbonyl (C=O) groups excluding carboxylic acids is 2. The summed E-state index contributed by atoms with van der Waals surface area (Å²) in [4.78, 5) is 25.2. The van der Waals surface area contributed by atoms with Crippen molar-refractivity contribution in [3.63, 3.8) is 0 Å². The van der Waals surface area contributed by atoms with Gasteiger partial charge in [0, 0.05) is 5.69 Å². The van der Waals surface area contributed by atoms with Gasteiger partial charge >= 0.3 is 6.09 Å². The SMILES string of the molecule is CC(C)C(C=O)N(C(=O)OC(C)(C)C)c1ccc(O)cc1. The third-order valence-electron chi connectivity index (χ3n) is 2.84. The molecular weight excluding hydrogens is 270 g/mol. The number of hydrogen-bond acceptors (Lipinski definition) is 4. The first-order chi connectivity index (χ1) is 9.65. The smallest absolute Gasteiger partial charge is 0.415 e. The van der Waals surface area contributed by atoms with E-state index in [1.165, 1.54) is 17.0 Å². The van der Waals surface area contributed by atoms with Crippen LogP contribution in [0, 0.1) is 5.92 Å². The Morgan fingerprint density at radius 2 is 1.76 bits per heavy atom. The summed E-state index contributed by atoms with van der Waals surface area (Å²) >= 11 is 0. The molecule has 0 saturated heterocycles. The van der Waals surface area contributed by atoms with Crippen molar-refractivity contribution in [2.24, 2.45) is 5.92 Å². The van der Waals surface area contributed by atoms with Gasteiger partial charge in [0.25, 0.3) is 0 Å². The van der Waals surface area contributed by atoms with E-state index < -0.39 is 17.7 Å². The van der Waals surface area contributed by atoms with Crippen molar-refractivity contribution in [1.29, 1.82) is 0 Å². The van der Waals surface area contributed by atoms with Gasteiger partial charge in [0.05, 0.1) is 6.04 Å². The van der Waals surface area contributed by atoms with Crippen LogP contribution in [0.5, 0.6) is 5.75 Å². The highest BCUT2D eigenvalue weighted by Crippen LogP contribution is 2.25. The first-order valence-electron chi connectivity index (χ1n) is 6.92. The third kappa shape index (κ3) is 4.77. The highest BCUT2D eigenvalue weighted by molar-refractivity contribution is 5.92. The molecule has 1 atom stereocenters. The molecule has 1 aromatic rings. The maximum absolute atomic E-state index is 12.4. The molecule has 0 radical (unpaired) electrons. The molecule has 0 fully saturated rings. The average Bonchev–Trinajstić information content (AvgIpc) is 2.34. The molecule has 1 unspecified atom stereocenters. The van der Waals surface area contributed by atoms with Crippen LogP contribution in [0.15, 0.2) is 24.3 Å². The molecule has 0 saturated carbocycles. The Morgan fingerprint density at radius 1 is 1.24 bits per heavy atom. The van der Waals surface area contributed by atoms with E-state index in [1.54, 1.807) is 32.9 Å². The number of carbonyl (C=O) groups is 2. The van der Waals surface area contributed by atoms with E-state index in [2.05, 4.69) is 0 Å². The summed E-state index contributed by atoms with van der Waals surface area (Å²) in [5.74, 6) is 0.0268. The molecule has 0 aliphatic carbocycles. The van der Waals surface area contributed by atoms with Crippen LogP contribution in [0.3, 0.4) is 0 Å². The third-order valence-corrected chi connectivity index (χ3v) is 2.84. The van der Waals surface area contributed by atoms with Crippen LogP contribution >= 0.6 is 0 Å². The summed E-state index contributed by atoms with van der Waals surface area (Å²) in [6.45, 7) is 9.02. The molecule has 116 valence electrons. The van der Waals surface area contributed by atoms with E-state index in [0.717, 1.165) is 6.29 Å². The standard InChI is InChI=1S/C16H23NO4/c1-11(2)14(10-18)17(15(20)21-16(3,4)5)12-6-8-13(19)9-7-12/h6-11,14,19H,1-5H3. The lowest BCUT2D eigenvalue weighted by molar-refractivity contribution is -0.109. The molecular formula is C16H23NO4. The van der Waals surface area contributed by atoms with Crippen molar-refractivity contribution in [1.82, 2.24) is 0 Å².